The van der Waals surface area contributed by atoms with Crippen LogP contribution in [0.5, 0.6) is 0 Å². The summed E-state index contributed by atoms with van der Waals surface area (Å²) in [6.45, 7) is 7.85. The van der Waals surface area contributed by atoms with Crippen LogP contribution in [0.15, 0.2) is 64.1 Å². The van der Waals surface area contributed by atoms with E-state index in [4.69, 9.17) is 9.40 Å². The SMILES string of the molecule is Cc1ccc(C)c2sc(N(Cc3ccco3)C(=O)c3ccc(S(=O)(=O)N(C)C(C)C)cc3)nc12. The van der Waals surface area contributed by atoms with Crippen LogP contribution >= 0.6 is 11.3 Å². The molecule has 178 valence electrons. The van der Waals surface area contributed by atoms with E-state index in [2.05, 4.69) is 0 Å². The highest BCUT2D eigenvalue weighted by atomic mass is 32.2. The number of anilines is 1. The Kier molecular flexibility index (Phi) is 6.62. The Hall–Kier alpha value is -3.01. The molecule has 0 saturated carbocycles. The zero-order chi connectivity index (χ0) is 24.6. The third-order valence-corrected chi connectivity index (χ3v) is 9.07. The molecule has 0 atom stereocenters. The monoisotopic (exact) mass is 497 g/mol. The van der Waals surface area contributed by atoms with Crippen LogP contribution in [0.25, 0.3) is 10.2 Å². The number of thiazole rings is 1. The molecule has 0 aliphatic carbocycles. The number of sulfonamides is 1. The lowest BCUT2D eigenvalue weighted by Gasteiger charge is -2.21. The van der Waals surface area contributed by atoms with Gasteiger partial charge in [-0.05, 0) is 75.2 Å². The number of benzene rings is 2. The smallest absolute Gasteiger partial charge is 0.260 e. The van der Waals surface area contributed by atoms with Crippen molar-refractivity contribution in [1.82, 2.24) is 9.29 Å². The third-order valence-electron chi connectivity index (χ3n) is 5.81. The number of hydrogen-bond donors (Lipinski definition) is 0. The molecule has 0 unspecified atom stereocenters. The highest BCUT2D eigenvalue weighted by Crippen LogP contribution is 2.34. The summed E-state index contributed by atoms with van der Waals surface area (Å²) < 4.78 is 33.4. The summed E-state index contributed by atoms with van der Waals surface area (Å²) in [5.41, 5.74) is 3.37. The highest BCUT2D eigenvalue weighted by molar-refractivity contribution is 7.89. The quantitative estimate of drug-likeness (QED) is 0.342. The van der Waals surface area contributed by atoms with Crippen molar-refractivity contribution >= 4 is 42.6 Å². The molecule has 0 N–H and O–H groups in total. The molecular formula is C25H27N3O4S2. The number of hydrogen-bond acceptors (Lipinski definition) is 6. The van der Waals surface area contributed by atoms with E-state index in [1.54, 1.807) is 36.4 Å². The van der Waals surface area contributed by atoms with E-state index in [1.165, 1.54) is 27.8 Å². The molecule has 7 nitrogen and oxygen atoms in total. The molecule has 2 heterocycles. The predicted molar refractivity (Wildman–Crippen MR) is 135 cm³/mol. The molecule has 0 radical (unpaired) electrons. The minimum atomic E-state index is -3.64. The Bertz CT molecular complexity index is 1380. The van der Waals surface area contributed by atoms with E-state index >= 15 is 0 Å². The summed E-state index contributed by atoms with van der Waals surface area (Å²) in [5.74, 6) is 0.339. The number of fused-ring (bicyclic) bond motifs is 1. The molecule has 1 amide bonds. The summed E-state index contributed by atoms with van der Waals surface area (Å²) >= 11 is 1.46. The molecule has 0 bridgehead atoms. The van der Waals surface area contributed by atoms with Crippen LogP contribution in [0.3, 0.4) is 0 Å². The fourth-order valence-electron chi connectivity index (χ4n) is 3.52. The summed E-state index contributed by atoms with van der Waals surface area (Å²) in [5, 5.41) is 0.560. The minimum absolute atomic E-state index is 0.143. The summed E-state index contributed by atoms with van der Waals surface area (Å²) in [6, 6.07) is 13.5. The van der Waals surface area contributed by atoms with Crippen molar-refractivity contribution in [2.24, 2.45) is 0 Å². The number of nitrogens with zero attached hydrogens (tertiary/aromatic N) is 3. The Labute approximate surface area is 203 Å². The Morgan fingerprint density at radius 3 is 2.32 bits per heavy atom. The first-order valence-electron chi connectivity index (χ1n) is 10.9. The van der Waals surface area contributed by atoms with Crippen molar-refractivity contribution in [3.8, 4) is 0 Å². The molecule has 0 aliphatic rings. The number of rotatable bonds is 7. The van der Waals surface area contributed by atoms with Crippen LogP contribution in [-0.2, 0) is 16.6 Å². The van der Waals surface area contributed by atoms with Crippen molar-refractivity contribution < 1.29 is 17.6 Å². The van der Waals surface area contributed by atoms with Gasteiger partial charge in [-0.3, -0.25) is 9.69 Å². The van der Waals surface area contributed by atoms with Gasteiger partial charge in [-0.2, -0.15) is 4.31 Å². The van der Waals surface area contributed by atoms with Gasteiger partial charge >= 0.3 is 0 Å². The predicted octanol–water partition coefficient (Wildman–Crippen LogP) is 5.38. The van der Waals surface area contributed by atoms with Gasteiger partial charge in [0.2, 0.25) is 10.0 Å². The van der Waals surface area contributed by atoms with E-state index in [9.17, 15) is 13.2 Å². The van der Waals surface area contributed by atoms with Crippen LogP contribution in [-0.4, -0.2) is 36.7 Å². The molecule has 9 heteroatoms. The van der Waals surface area contributed by atoms with Crippen molar-refractivity contribution in [2.75, 3.05) is 11.9 Å². The fraction of sp³-hybridized carbons (Fsp3) is 0.280. The summed E-state index contributed by atoms with van der Waals surface area (Å²) in [4.78, 5) is 20.1. The Balaban J connectivity index is 1.72. The molecule has 0 fully saturated rings. The first-order chi connectivity index (χ1) is 16.1. The van der Waals surface area contributed by atoms with E-state index in [1.807, 2.05) is 45.9 Å². The van der Waals surface area contributed by atoms with Crippen molar-refractivity contribution in [2.45, 2.75) is 45.2 Å². The Morgan fingerprint density at radius 1 is 1.06 bits per heavy atom. The number of amides is 1. The highest BCUT2D eigenvalue weighted by Gasteiger charge is 2.26. The largest absolute Gasteiger partial charge is 0.467 e. The zero-order valence-electron chi connectivity index (χ0n) is 19.8. The maximum atomic E-state index is 13.6. The van der Waals surface area contributed by atoms with Gasteiger partial charge in [0.05, 0.1) is 27.9 Å². The van der Waals surface area contributed by atoms with E-state index in [0.717, 1.165) is 21.3 Å². The second-order valence-electron chi connectivity index (χ2n) is 8.48. The van der Waals surface area contributed by atoms with E-state index in [-0.39, 0.29) is 23.4 Å². The van der Waals surface area contributed by atoms with Crippen LogP contribution in [0.2, 0.25) is 0 Å². The molecule has 0 aliphatic heterocycles. The van der Waals surface area contributed by atoms with Crippen LogP contribution in [0, 0.1) is 13.8 Å². The zero-order valence-corrected chi connectivity index (χ0v) is 21.4. The second-order valence-corrected chi connectivity index (χ2v) is 11.5. The van der Waals surface area contributed by atoms with Gasteiger partial charge in [0.15, 0.2) is 5.13 Å². The van der Waals surface area contributed by atoms with Crippen molar-refractivity contribution in [3.63, 3.8) is 0 Å². The average molecular weight is 498 g/mol. The van der Waals surface area contributed by atoms with Gasteiger partial charge in [0, 0.05) is 18.7 Å². The van der Waals surface area contributed by atoms with Gasteiger partial charge in [0.1, 0.15) is 5.76 Å². The fourth-order valence-corrected chi connectivity index (χ4v) is 5.99. The Morgan fingerprint density at radius 2 is 1.74 bits per heavy atom. The van der Waals surface area contributed by atoms with Gasteiger partial charge in [0.25, 0.3) is 5.91 Å². The van der Waals surface area contributed by atoms with Crippen LogP contribution in [0.4, 0.5) is 5.13 Å². The standard InChI is InChI=1S/C25H27N3O4S2/c1-16(2)27(5)34(30,31)21-12-10-19(11-13-21)24(29)28(15-20-7-6-14-32-20)25-26-22-17(3)8-9-18(4)23(22)33-25/h6-14,16H,15H2,1-5H3. The summed E-state index contributed by atoms with van der Waals surface area (Å²) in [6.07, 6.45) is 1.56. The van der Waals surface area contributed by atoms with Crippen LogP contribution in [0.1, 0.15) is 41.1 Å². The average Bonchev–Trinajstić information content (AvgIpc) is 3.49. The van der Waals surface area contributed by atoms with Crippen molar-refractivity contribution in [3.05, 3.63) is 77.2 Å². The maximum Gasteiger partial charge on any atom is 0.260 e. The molecule has 0 spiro atoms. The molecule has 4 rings (SSSR count). The van der Waals surface area contributed by atoms with Gasteiger partial charge in [-0.1, -0.05) is 23.5 Å². The minimum Gasteiger partial charge on any atom is -0.467 e. The third kappa shape index (κ3) is 4.51. The van der Waals surface area contributed by atoms with Crippen molar-refractivity contribution in [1.29, 1.82) is 0 Å². The summed E-state index contributed by atoms with van der Waals surface area (Å²) in [7, 11) is -2.09. The normalized spacial score (nSPS) is 12.1. The van der Waals surface area contributed by atoms with Crippen LogP contribution < -0.4 is 4.90 Å². The molecule has 34 heavy (non-hydrogen) atoms. The number of aryl methyl sites for hydroxylation is 2. The molecular weight excluding hydrogens is 470 g/mol. The number of carbonyl (C=O) groups is 1. The number of furan rings is 1. The lowest BCUT2D eigenvalue weighted by atomic mass is 10.1. The first kappa shape index (κ1) is 24.1. The molecule has 0 saturated heterocycles. The van der Waals surface area contributed by atoms with E-state index in [0.29, 0.717) is 16.5 Å². The topological polar surface area (TPSA) is 83.7 Å². The number of aromatic nitrogens is 1. The van der Waals surface area contributed by atoms with E-state index < -0.39 is 10.0 Å². The van der Waals surface area contributed by atoms with Gasteiger partial charge in [-0.15, -0.1) is 0 Å². The van der Waals surface area contributed by atoms with Gasteiger partial charge in [-0.25, -0.2) is 13.4 Å². The maximum absolute atomic E-state index is 13.6. The molecule has 2 aromatic heterocycles. The molecule has 4 aromatic rings. The second kappa shape index (κ2) is 9.32. The lowest BCUT2D eigenvalue weighted by molar-refractivity contribution is 0.0983. The molecule has 2 aromatic carbocycles. The first-order valence-corrected chi connectivity index (χ1v) is 13.1. The van der Waals surface area contributed by atoms with Gasteiger partial charge < -0.3 is 4.42 Å². The number of carbonyl (C=O) groups excluding carboxylic acids is 1. The lowest BCUT2D eigenvalue weighted by Crippen LogP contribution is -2.33.